The molecule has 3 unspecified atom stereocenters. The summed E-state index contributed by atoms with van der Waals surface area (Å²) >= 11 is 0. The van der Waals surface area contributed by atoms with Crippen molar-refractivity contribution in [1.82, 2.24) is 14.9 Å². The molecule has 0 bridgehead atoms. The van der Waals surface area contributed by atoms with Crippen LogP contribution in [-0.4, -0.2) is 51.2 Å². The normalized spacial score (nSPS) is 24.4. The van der Waals surface area contributed by atoms with Crippen molar-refractivity contribution in [3.05, 3.63) is 32.6 Å². The lowest BCUT2D eigenvalue weighted by molar-refractivity contribution is -0.122. The van der Waals surface area contributed by atoms with Crippen LogP contribution in [-0.2, 0) is 16.1 Å². The van der Waals surface area contributed by atoms with Crippen LogP contribution >= 0.6 is 0 Å². The number of nitrogens with zero attached hydrogens (tertiary/aromatic N) is 1. The second kappa shape index (κ2) is 6.81. The van der Waals surface area contributed by atoms with Crippen LogP contribution in [0.15, 0.2) is 15.8 Å². The van der Waals surface area contributed by atoms with Gasteiger partial charge in [0.1, 0.15) is 12.3 Å². The van der Waals surface area contributed by atoms with E-state index in [9.17, 15) is 23.9 Å². The largest absolute Gasteiger partial charge is 0.394 e. The smallest absolute Gasteiger partial charge is 0.330 e. The molecule has 2 heterocycles. The summed E-state index contributed by atoms with van der Waals surface area (Å²) in [5.41, 5.74) is -1.43. The minimum Gasteiger partial charge on any atom is -0.394 e. The molecule has 0 radical (unpaired) electrons. The zero-order valence-electron chi connectivity index (χ0n) is 11.5. The Morgan fingerprint density at radius 3 is 2.86 bits per heavy atom. The molecule has 1 fully saturated rings. The number of ether oxygens (including phenoxy) is 1. The van der Waals surface area contributed by atoms with Crippen LogP contribution in [0.1, 0.15) is 18.2 Å². The van der Waals surface area contributed by atoms with Gasteiger partial charge < -0.3 is 20.3 Å². The number of amides is 1. The van der Waals surface area contributed by atoms with Crippen LogP contribution in [0.3, 0.4) is 0 Å². The fourth-order valence-electron chi connectivity index (χ4n) is 2.16. The first-order valence-corrected chi connectivity index (χ1v) is 6.57. The Morgan fingerprint density at radius 2 is 2.27 bits per heavy atom. The quantitative estimate of drug-likeness (QED) is 0.485. The first-order valence-electron chi connectivity index (χ1n) is 6.57. The van der Waals surface area contributed by atoms with Crippen LogP contribution in [0.2, 0.25) is 0 Å². The van der Waals surface area contributed by atoms with Gasteiger partial charge in [0.05, 0.1) is 18.3 Å². The third-order valence-corrected chi connectivity index (χ3v) is 3.33. The third kappa shape index (κ3) is 3.40. The maximum Gasteiger partial charge on any atom is 0.330 e. The van der Waals surface area contributed by atoms with E-state index in [0.29, 0.717) is 0 Å². The summed E-state index contributed by atoms with van der Waals surface area (Å²) < 4.78 is 18.5. The van der Waals surface area contributed by atoms with Crippen molar-refractivity contribution in [2.75, 3.05) is 13.3 Å². The second-order valence-corrected chi connectivity index (χ2v) is 4.85. The number of carbonyl (C=O) groups excluding carboxylic acids is 1. The van der Waals surface area contributed by atoms with Gasteiger partial charge in [0.2, 0.25) is 0 Å². The number of H-pyrrole nitrogens is 1. The van der Waals surface area contributed by atoms with Gasteiger partial charge in [-0.15, -0.1) is 0 Å². The first-order chi connectivity index (χ1) is 10.5. The Balaban J connectivity index is 2.23. The topological polar surface area (TPSA) is 134 Å². The third-order valence-electron chi connectivity index (χ3n) is 3.33. The second-order valence-electron chi connectivity index (χ2n) is 4.85. The van der Waals surface area contributed by atoms with Crippen LogP contribution in [0.4, 0.5) is 4.39 Å². The highest BCUT2D eigenvalue weighted by Crippen LogP contribution is 2.27. The van der Waals surface area contributed by atoms with Crippen molar-refractivity contribution in [3.8, 4) is 0 Å². The lowest BCUT2D eigenvalue weighted by atomic mass is 10.2. The fourth-order valence-corrected chi connectivity index (χ4v) is 2.16. The van der Waals surface area contributed by atoms with E-state index in [0.717, 1.165) is 4.57 Å². The molecule has 0 aromatic carbocycles. The summed E-state index contributed by atoms with van der Waals surface area (Å²) in [4.78, 5) is 36.4. The summed E-state index contributed by atoms with van der Waals surface area (Å²) in [7, 11) is 0. The highest BCUT2D eigenvalue weighted by Gasteiger charge is 2.35. The van der Waals surface area contributed by atoms with Gasteiger partial charge in [-0.25, -0.2) is 9.18 Å². The van der Waals surface area contributed by atoms with Gasteiger partial charge in [-0.2, -0.15) is 0 Å². The number of rotatable bonds is 5. The van der Waals surface area contributed by atoms with E-state index < -0.39 is 48.9 Å². The average molecular weight is 317 g/mol. The zero-order chi connectivity index (χ0) is 16.3. The SMILES string of the molecule is O=C(CF)NCc1cn(C2CC(O)C(CO)O2)c(=O)[nH]c1=O. The molecule has 1 aliphatic heterocycles. The average Bonchev–Trinajstić information content (AvgIpc) is 2.86. The zero-order valence-corrected chi connectivity index (χ0v) is 11.5. The molecule has 1 aromatic heterocycles. The summed E-state index contributed by atoms with van der Waals surface area (Å²) in [6.07, 6.45) is -1.38. The Kier molecular flexibility index (Phi) is 5.06. The molecule has 0 saturated carbocycles. The van der Waals surface area contributed by atoms with E-state index in [1.807, 2.05) is 0 Å². The molecule has 4 N–H and O–H groups in total. The molecule has 0 spiro atoms. The minimum absolute atomic E-state index is 0.0342. The molecule has 9 nitrogen and oxygen atoms in total. The van der Waals surface area contributed by atoms with Crippen molar-refractivity contribution in [1.29, 1.82) is 0 Å². The summed E-state index contributed by atoms with van der Waals surface area (Å²) in [5, 5.41) is 20.9. The summed E-state index contributed by atoms with van der Waals surface area (Å²) in [6, 6.07) is 0. The molecule has 122 valence electrons. The molecule has 10 heteroatoms. The molecule has 22 heavy (non-hydrogen) atoms. The number of aromatic nitrogens is 2. The number of aliphatic hydroxyl groups excluding tert-OH is 2. The number of aromatic amines is 1. The Bertz CT molecular complexity index is 657. The molecule has 1 aromatic rings. The van der Waals surface area contributed by atoms with Crippen molar-refractivity contribution in [2.45, 2.75) is 31.4 Å². The molecule has 1 aliphatic rings. The van der Waals surface area contributed by atoms with Crippen molar-refractivity contribution >= 4 is 5.91 Å². The highest BCUT2D eigenvalue weighted by molar-refractivity contribution is 5.76. The number of hydrogen-bond donors (Lipinski definition) is 4. The standard InChI is InChI=1S/C12H16FN3O6/c13-2-9(19)14-3-6-4-16(12(21)15-11(6)20)10-1-7(18)8(5-17)22-10/h4,7-8,10,17-18H,1-3,5H2,(H,14,19)(H,15,20,21). The van der Waals surface area contributed by atoms with E-state index in [2.05, 4.69) is 10.3 Å². The van der Waals surface area contributed by atoms with Gasteiger partial charge in [0, 0.05) is 19.2 Å². The predicted octanol–water partition coefficient (Wildman–Crippen LogP) is -2.24. The van der Waals surface area contributed by atoms with Crippen molar-refractivity contribution in [2.24, 2.45) is 0 Å². The molecule has 0 aliphatic carbocycles. The van der Waals surface area contributed by atoms with E-state index in [1.54, 1.807) is 0 Å². The van der Waals surface area contributed by atoms with Crippen molar-refractivity contribution in [3.63, 3.8) is 0 Å². The van der Waals surface area contributed by atoms with Gasteiger partial charge in [0.15, 0.2) is 6.67 Å². The molecular formula is C12H16FN3O6. The lowest BCUT2D eigenvalue weighted by Crippen LogP contribution is -2.36. The van der Waals surface area contributed by atoms with E-state index in [4.69, 9.17) is 9.84 Å². The van der Waals surface area contributed by atoms with Crippen LogP contribution in [0, 0.1) is 0 Å². The van der Waals surface area contributed by atoms with Gasteiger partial charge >= 0.3 is 5.69 Å². The molecular weight excluding hydrogens is 301 g/mol. The van der Waals surface area contributed by atoms with E-state index in [1.165, 1.54) is 6.20 Å². The van der Waals surface area contributed by atoms with E-state index in [-0.39, 0.29) is 18.5 Å². The maximum absolute atomic E-state index is 12.1. The van der Waals surface area contributed by atoms with Gasteiger partial charge in [-0.3, -0.25) is 19.1 Å². The number of halogens is 1. The van der Waals surface area contributed by atoms with Crippen LogP contribution in [0.25, 0.3) is 0 Å². The Hall–Kier alpha value is -2.04. The molecule has 2 rings (SSSR count). The minimum atomic E-state index is -1.21. The van der Waals surface area contributed by atoms with Crippen LogP contribution < -0.4 is 16.6 Å². The lowest BCUT2D eigenvalue weighted by Gasteiger charge is -2.15. The number of hydrogen-bond acceptors (Lipinski definition) is 6. The fraction of sp³-hybridized carbons (Fsp3) is 0.583. The van der Waals surface area contributed by atoms with Gasteiger partial charge in [-0.1, -0.05) is 0 Å². The number of carbonyl (C=O) groups is 1. The monoisotopic (exact) mass is 317 g/mol. The number of aliphatic hydroxyl groups is 2. The van der Waals surface area contributed by atoms with Crippen molar-refractivity contribution < 1.29 is 24.1 Å². The van der Waals surface area contributed by atoms with Crippen LogP contribution in [0.5, 0.6) is 0 Å². The molecule has 1 amide bonds. The number of alkyl halides is 1. The highest BCUT2D eigenvalue weighted by atomic mass is 19.1. The Labute approximate surface area is 123 Å². The van der Waals surface area contributed by atoms with E-state index >= 15 is 0 Å². The first kappa shape index (κ1) is 16.3. The molecule has 3 atom stereocenters. The maximum atomic E-state index is 12.1. The molecule has 1 saturated heterocycles. The van der Waals surface area contributed by atoms with Gasteiger partial charge in [-0.05, 0) is 0 Å². The summed E-state index contributed by atoms with van der Waals surface area (Å²) in [6.45, 7) is -1.88. The number of nitrogens with one attached hydrogen (secondary N) is 2. The van der Waals surface area contributed by atoms with Gasteiger partial charge in [0.25, 0.3) is 11.5 Å². The Morgan fingerprint density at radius 1 is 1.55 bits per heavy atom. The predicted molar refractivity (Wildman–Crippen MR) is 70.8 cm³/mol. The summed E-state index contributed by atoms with van der Waals surface area (Å²) in [5.74, 6) is -0.884.